The first-order valence-corrected chi connectivity index (χ1v) is 6.70. The summed E-state index contributed by atoms with van der Waals surface area (Å²) in [7, 11) is 0. The summed E-state index contributed by atoms with van der Waals surface area (Å²) in [6.07, 6.45) is 1.55. The van der Waals surface area contributed by atoms with Crippen LogP contribution in [0.4, 0.5) is 4.39 Å². The second kappa shape index (κ2) is 7.46. The summed E-state index contributed by atoms with van der Waals surface area (Å²) in [6, 6.07) is 2.63. The SMILES string of the molecule is CCOC(=O)CCCC(N)c1cc(C)c(F)cc1Cl. The topological polar surface area (TPSA) is 52.3 Å². The third kappa shape index (κ3) is 4.80. The van der Waals surface area contributed by atoms with E-state index in [9.17, 15) is 9.18 Å². The van der Waals surface area contributed by atoms with Crippen LogP contribution in [0.5, 0.6) is 0 Å². The zero-order valence-electron chi connectivity index (χ0n) is 11.2. The highest BCUT2D eigenvalue weighted by atomic mass is 35.5. The Bertz CT molecular complexity index is 451. The summed E-state index contributed by atoms with van der Waals surface area (Å²) >= 11 is 5.98. The van der Waals surface area contributed by atoms with Crippen LogP contribution in [0.25, 0.3) is 0 Å². The van der Waals surface area contributed by atoms with Crippen LogP contribution < -0.4 is 5.73 Å². The van der Waals surface area contributed by atoms with Gasteiger partial charge in [0.05, 0.1) is 6.61 Å². The van der Waals surface area contributed by atoms with Gasteiger partial charge < -0.3 is 10.5 Å². The number of benzene rings is 1. The molecule has 106 valence electrons. The quantitative estimate of drug-likeness (QED) is 0.815. The first-order valence-electron chi connectivity index (χ1n) is 6.32. The maximum atomic E-state index is 13.3. The highest BCUT2D eigenvalue weighted by Gasteiger charge is 2.13. The summed E-state index contributed by atoms with van der Waals surface area (Å²) in [4.78, 5) is 11.2. The molecule has 1 aromatic carbocycles. The number of halogens is 2. The van der Waals surface area contributed by atoms with Gasteiger partial charge in [-0.15, -0.1) is 0 Å². The fraction of sp³-hybridized carbons (Fsp3) is 0.500. The van der Waals surface area contributed by atoms with Crippen LogP contribution in [0.3, 0.4) is 0 Å². The van der Waals surface area contributed by atoms with Crippen molar-refractivity contribution in [2.24, 2.45) is 5.73 Å². The molecule has 1 rings (SSSR count). The van der Waals surface area contributed by atoms with Gasteiger partial charge >= 0.3 is 5.97 Å². The minimum atomic E-state index is -0.340. The van der Waals surface area contributed by atoms with E-state index >= 15 is 0 Å². The Balaban J connectivity index is 2.56. The molecule has 0 aliphatic heterocycles. The number of hydrogen-bond acceptors (Lipinski definition) is 3. The van der Waals surface area contributed by atoms with E-state index in [1.807, 2.05) is 0 Å². The van der Waals surface area contributed by atoms with Crippen molar-refractivity contribution in [2.75, 3.05) is 6.61 Å². The number of rotatable bonds is 6. The van der Waals surface area contributed by atoms with E-state index in [-0.39, 0.29) is 17.8 Å². The molecule has 3 nitrogen and oxygen atoms in total. The highest BCUT2D eigenvalue weighted by molar-refractivity contribution is 6.31. The molecule has 0 amide bonds. The van der Waals surface area contributed by atoms with Gasteiger partial charge in [0.2, 0.25) is 0 Å². The van der Waals surface area contributed by atoms with Crippen LogP contribution in [-0.4, -0.2) is 12.6 Å². The van der Waals surface area contributed by atoms with E-state index in [1.54, 1.807) is 19.9 Å². The highest BCUT2D eigenvalue weighted by Crippen LogP contribution is 2.27. The number of nitrogens with two attached hydrogens (primary N) is 1. The van der Waals surface area contributed by atoms with E-state index in [2.05, 4.69) is 0 Å². The number of esters is 1. The molecule has 0 radical (unpaired) electrons. The molecular weight excluding hydrogens is 269 g/mol. The van der Waals surface area contributed by atoms with Crippen molar-refractivity contribution in [3.05, 3.63) is 34.1 Å². The average Bonchev–Trinajstić information content (AvgIpc) is 2.34. The molecule has 1 atom stereocenters. The smallest absolute Gasteiger partial charge is 0.305 e. The first-order chi connectivity index (χ1) is 8.95. The molecule has 19 heavy (non-hydrogen) atoms. The van der Waals surface area contributed by atoms with Gasteiger partial charge in [-0.3, -0.25) is 4.79 Å². The van der Waals surface area contributed by atoms with E-state index in [0.29, 0.717) is 42.0 Å². The molecule has 1 aromatic rings. The van der Waals surface area contributed by atoms with Gasteiger partial charge in [-0.25, -0.2) is 4.39 Å². The number of aryl methyl sites for hydroxylation is 1. The Kier molecular flexibility index (Phi) is 6.25. The minimum Gasteiger partial charge on any atom is -0.466 e. The molecule has 5 heteroatoms. The molecule has 0 bridgehead atoms. The Morgan fingerprint density at radius 2 is 2.21 bits per heavy atom. The van der Waals surface area contributed by atoms with Crippen LogP contribution in [0.2, 0.25) is 5.02 Å². The zero-order valence-corrected chi connectivity index (χ0v) is 12.0. The predicted octanol–water partition coefficient (Wildman–Crippen LogP) is 3.52. The molecule has 0 spiro atoms. The van der Waals surface area contributed by atoms with Gasteiger partial charge in [-0.05, 0) is 43.9 Å². The van der Waals surface area contributed by atoms with Crippen molar-refractivity contribution < 1.29 is 13.9 Å². The standard InChI is InChI=1S/C14H19ClFNO2/c1-3-19-14(18)6-4-5-13(17)10-7-9(2)12(16)8-11(10)15/h7-8,13H,3-6,17H2,1-2H3. The van der Waals surface area contributed by atoms with Crippen LogP contribution in [0.1, 0.15) is 43.4 Å². The summed E-state index contributed by atoms with van der Waals surface area (Å²) in [6.45, 7) is 3.82. The fourth-order valence-electron chi connectivity index (χ4n) is 1.82. The molecule has 0 aliphatic carbocycles. The van der Waals surface area contributed by atoms with Crippen molar-refractivity contribution in [1.29, 1.82) is 0 Å². The largest absolute Gasteiger partial charge is 0.466 e. The van der Waals surface area contributed by atoms with Gasteiger partial charge in [0, 0.05) is 17.5 Å². The fourth-order valence-corrected chi connectivity index (χ4v) is 2.11. The molecule has 0 saturated heterocycles. The number of carbonyl (C=O) groups excluding carboxylic acids is 1. The Hall–Kier alpha value is -1.13. The number of hydrogen-bond donors (Lipinski definition) is 1. The third-order valence-corrected chi connectivity index (χ3v) is 3.21. The van der Waals surface area contributed by atoms with Crippen LogP contribution in [0, 0.1) is 12.7 Å². The molecule has 0 aliphatic rings. The van der Waals surface area contributed by atoms with Gasteiger partial charge in [0.1, 0.15) is 5.82 Å². The van der Waals surface area contributed by atoms with Crippen LogP contribution in [-0.2, 0) is 9.53 Å². The van der Waals surface area contributed by atoms with E-state index < -0.39 is 0 Å². The first kappa shape index (κ1) is 15.9. The second-order valence-corrected chi connectivity index (χ2v) is 4.83. The predicted molar refractivity (Wildman–Crippen MR) is 73.6 cm³/mol. The van der Waals surface area contributed by atoms with Crippen molar-refractivity contribution >= 4 is 17.6 Å². The van der Waals surface area contributed by atoms with E-state index in [4.69, 9.17) is 22.1 Å². The summed E-state index contributed by atoms with van der Waals surface area (Å²) < 4.78 is 18.1. The average molecular weight is 288 g/mol. The normalized spacial score (nSPS) is 12.3. The van der Waals surface area contributed by atoms with Gasteiger partial charge in [0.25, 0.3) is 0 Å². The minimum absolute atomic E-state index is 0.226. The third-order valence-electron chi connectivity index (χ3n) is 2.88. The lowest BCUT2D eigenvalue weighted by Gasteiger charge is -2.14. The Morgan fingerprint density at radius 1 is 1.53 bits per heavy atom. The van der Waals surface area contributed by atoms with E-state index in [1.165, 1.54) is 6.07 Å². The molecule has 0 saturated carbocycles. The van der Waals surface area contributed by atoms with Crippen molar-refractivity contribution in [1.82, 2.24) is 0 Å². The maximum Gasteiger partial charge on any atom is 0.305 e. The van der Waals surface area contributed by atoms with Crippen molar-refractivity contribution in [3.8, 4) is 0 Å². The molecule has 0 fully saturated rings. The van der Waals surface area contributed by atoms with Gasteiger partial charge in [0.15, 0.2) is 0 Å². The van der Waals surface area contributed by atoms with Crippen molar-refractivity contribution in [2.45, 2.75) is 39.2 Å². The maximum absolute atomic E-state index is 13.3. The lowest BCUT2D eigenvalue weighted by molar-refractivity contribution is -0.143. The molecule has 1 unspecified atom stereocenters. The molecule has 2 N–H and O–H groups in total. The summed E-state index contributed by atoms with van der Waals surface area (Å²) in [5.74, 6) is -0.566. The number of ether oxygens (including phenoxy) is 1. The van der Waals surface area contributed by atoms with E-state index in [0.717, 1.165) is 0 Å². The van der Waals surface area contributed by atoms with Crippen LogP contribution >= 0.6 is 11.6 Å². The van der Waals surface area contributed by atoms with Gasteiger partial charge in [-0.2, -0.15) is 0 Å². The second-order valence-electron chi connectivity index (χ2n) is 4.43. The molecule has 0 aromatic heterocycles. The summed E-state index contributed by atoms with van der Waals surface area (Å²) in [5.41, 5.74) is 7.24. The number of carbonyl (C=O) groups is 1. The molecule has 0 heterocycles. The van der Waals surface area contributed by atoms with Gasteiger partial charge in [-0.1, -0.05) is 17.7 Å². The Morgan fingerprint density at radius 3 is 2.84 bits per heavy atom. The zero-order chi connectivity index (χ0) is 14.4. The lowest BCUT2D eigenvalue weighted by Crippen LogP contribution is -2.13. The monoisotopic (exact) mass is 287 g/mol. The molecular formula is C14H19ClFNO2. The Labute approximate surface area is 117 Å². The lowest BCUT2D eigenvalue weighted by atomic mass is 10.00. The van der Waals surface area contributed by atoms with Crippen LogP contribution in [0.15, 0.2) is 12.1 Å². The summed E-state index contributed by atoms with van der Waals surface area (Å²) in [5, 5.41) is 0.326. The van der Waals surface area contributed by atoms with Crippen molar-refractivity contribution in [3.63, 3.8) is 0 Å².